The van der Waals surface area contributed by atoms with Crippen LogP contribution in [0.5, 0.6) is 0 Å². The molecule has 1 aromatic heterocycles. The molecule has 9 nitrogen and oxygen atoms in total. The number of aromatic amines is 1. The van der Waals surface area contributed by atoms with Crippen molar-refractivity contribution in [2.45, 2.75) is 31.6 Å². The van der Waals surface area contributed by atoms with Crippen LogP contribution in [0.3, 0.4) is 0 Å². The summed E-state index contributed by atoms with van der Waals surface area (Å²) >= 11 is 0. The van der Waals surface area contributed by atoms with Gasteiger partial charge in [0.15, 0.2) is 0 Å². The second-order valence-electron chi connectivity index (χ2n) is 7.56. The molecule has 1 fully saturated rings. The number of sulfonamides is 1. The highest BCUT2D eigenvalue weighted by molar-refractivity contribution is 7.89. The summed E-state index contributed by atoms with van der Waals surface area (Å²) in [5.74, 6) is -0.122. The first kappa shape index (κ1) is 23.2. The molecule has 32 heavy (non-hydrogen) atoms. The number of pyridine rings is 1. The van der Waals surface area contributed by atoms with Crippen molar-refractivity contribution in [3.63, 3.8) is 0 Å². The summed E-state index contributed by atoms with van der Waals surface area (Å²) in [5, 5.41) is 18.4. The van der Waals surface area contributed by atoms with Crippen LogP contribution in [-0.4, -0.2) is 54.7 Å². The predicted molar refractivity (Wildman–Crippen MR) is 116 cm³/mol. The molecule has 2 aromatic rings. The smallest absolute Gasteiger partial charge is 0.266 e. The first-order valence-corrected chi connectivity index (χ1v) is 11.5. The molecular formula is C22H23N5O4S. The molecule has 0 saturated carbocycles. The first-order chi connectivity index (χ1) is 15.2. The van der Waals surface area contributed by atoms with Crippen molar-refractivity contribution in [1.82, 2.24) is 14.2 Å². The number of hydrogen-bond acceptors (Lipinski definition) is 6. The van der Waals surface area contributed by atoms with Crippen molar-refractivity contribution >= 4 is 15.9 Å². The molecule has 0 unspecified atom stereocenters. The zero-order valence-corrected chi connectivity index (χ0v) is 18.7. The number of nitrogens with zero attached hydrogens (tertiary/aromatic N) is 4. The molecule has 0 spiro atoms. The Labute approximate surface area is 186 Å². The second kappa shape index (κ2) is 9.35. The zero-order chi connectivity index (χ0) is 23.5. The maximum absolute atomic E-state index is 12.9. The van der Waals surface area contributed by atoms with Crippen LogP contribution in [0.2, 0.25) is 0 Å². The zero-order valence-electron chi connectivity index (χ0n) is 17.9. The van der Waals surface area contributed by atoms with Gasteiger partial charge in [0.1, 0.15) is 17.7 Å². The molecule has 166 valence electrons. The third kappa shape index (κ3) is 4.42. The summed E-state index contributed by atoms with van der Waals surface area (Å²) < 4.78 is 27.2. The maximum Gasteiger partial charge on any atom is 0.266 e. The van der Waals surface area contributed by atoms with Gasteiger partial charge in [-0.05, 0) is 43.5 Å². The first-order valence-electron chi connectivity index (χ1n) is 10.1. The van der Waals surface area contributed by atoms with E-state index in [0.717, 1.165) is 5.56 Å². The Morgan fingerprint density at radius 3 is 2.38 bits per heavy atom. The molecule has 1 aliphatic rings. The van der Waals surface area contributed by atoms with E-state index in [4.69, 9.17) is 0 Å². The van der Waals surface area contributed by atoms with Gasteiger partial charge in [-0.2, -0.15) is 14.8 Å². The molecule has 3 rings (SSSR count). The number of piperazine rings is 1. The Morgan fingerprint density at radius 2 is 1.75 bits per heavy atom. The second-order valence-corrected chi connectivity index (χ2v) is 9.47. The fourth-order valence-electron chi connectivity index (χ4n) is 3.91. The number of aromatic nitrogens is 1. The number of nitrogens with one attached hydrogen (secondary N) is 1. The lowest BCUT2D eigenvalue weighted by Crippen LogP contribution is -2.50. The molecule has 1 aliphatic heterocycles. The molecule has 1 saturated heterocycles. The van der Waals surface area contributed by atoms with Crippen molar-refractivity contribution in [2.75, 3.05) is 26.2 Å². The molecule has 1 N–H and O–H groups in total. The van der Waals surface area contributed by atoms with Gasteiger partial charge in [-0.15, -0.1) is 0 Å². The summed E-state index contributed by atoms with van der Waals surface area (Å²) in [6.07, 6.45) is 0.554. The normalized spacial score (nSPS) is 14.6. The van der Waals surface area contributed by atoms with Crippen molar-refractivity contribution in [1.29, 1.82) is 10.5 Å². The van der Waals surface area contributed by atoms with Crippen LogP contribution in [0.1, 0.15) is 34.4 Å². The van der Waals surface area contributed by atoms with Gasteiger partial charge in [-0.3, -0.25) is 9.59 Å². The topological polar surface area (TPSA) is 138 Å². The minimum absolute atomic E-state index is 0.0282. The third-order valence-electron chi connectivity index (χ3n) is 5.73. The number of carbonyl (C=O) groups excluding carboxylic acids is 1. The van der Waals surface area contributed by atoms with E-state index >= 15 is 0 Å². The van der Waals surface area contributed by atoms with Crippen LogP contribution in [0.25, 0.3) is 0 Å². The highest BCUT2D eigenvalue weighted by Gasteiger charge is 2.31. The molecule has 0 radical (unpaired) electrons. The van der Waals surface area contributed by atoms with Gasteiger partial charge in [-0.1, -0.05) is 12.1 Å². The molecule has 1 aromatic carbocycles. The minimum atomic E-state index is -3.82. The van der Waals surface area contributed by atoms with E-state index in [9.17, 15) is 28.5 Å². The quantitative estimate of drug-likeness (QED) is 0.722. The molecule has 10 heteroatoms. The maximum atomic E-state index is 12.9. The lowest BCUT2D eigenvalue weighted by Gasteiger charge is -2.34. The minimum Gasteiger partial charge on any atom is -0.340 e. The average Bonchev–Trinajstić information content (AvgIpc) is 2.78. The SMILES string of the molecule is Cc1[nH]c(=O)c(C#N)c(C)c1CCC(=O)N1CCN(S(=O)(=O)c2ccccc2C#N)CC1. The molecule has 2 heterocycles. The van der Waals surface area contributed by atoms with Gasteiger partial charge in [0, 0.05) is 38.3 Å². The Kier molecular flexibility index (Phi) is 6.78. The number of hydrogen-bond donors (Lipinski definition) is 1. The average molecular weight is 454 g/mol. The van der Waals surface area contributed by atoms with Crippen LogP contribution in [0.15, 0.2) is 34.0 Å². The number of benzene rings is 1. The lowest BCUT2D eigenvalue weighted by molar-refractivity contribution is -0.132. The predicted octanol–water partition coefficient (Wildman–Crippen LogP) is 1.20. The Hall–Kier alpha value is -3.47. The van der Waals surface area contributed by atoms with E-state index in [-0.39, 0.29) is 54.5 Å². The van der Waals surface area contributed by atoms with Gasteiger partial charge < -0.3 is 9.88 Å². The third-order valence-corrected chi connectivity index (χ3v) is 7.68. The monoisotopic (exact) mass is 453 g/mol. The summed E-state index contributed by atoms with van der Waals surface area (Å²) in [7, 11) is -3.82. The lowest BCUT2D eigenvalue weighted by atomic mass is 9.99. The highest BCUT2D eigenvalue weighted by atomic mass is 32.2. The standard InChI is InChI=1S/C22H23N5O4S/c1-15-18(16(2)25-22(29)19(15)14-24)7-8-21(28)26-9-11-27(12-10-26)32(30,31)20-6-4-3-5-17(20)13-23/h3-6H,7-12H2,1-2H3,(H,25,29). The summed E-state index contributed by atoms with van der Waals surface area (Å²) in [6, 6.07) is 9.87. The van der Waals surface area contributed by atoms with Gasteiger partial charge in [0.25, 0.3) is 5.56 Å². The van der Waals surface area contributed by atoms with Crippen molar-refractivity contribution in [3.8, 4) is 12.1 Å². The Morgan fingerprint density at radius 1 is 1.09 bits per heavy atom. The molecular weight excluding hydrogens is 430 g/mol. The van der Waals surface area contributed by atoms with E-state index in [1.54, 1.807) is 30.9 Å². The Bertz CT molecular complexity index is 1290. The molecule has 0 bridgehead atoms. The number of carbonyl (C=O) groups is 1. The van der Waals surface area contributed by atoms with Gasteiger partial charge in [0.05, 0.1) is 10.5 Å². The van der Waals surface area contributed by atoms with Crippen LogP contribution >= 0.6 is 0 Å². The van der Waals surface area contributed by atoms with Crippen LogP contribution < -0.4 is 5.56 Å². The van der Waals surface area contributed by atoms with Gasteiger partial charge in [-0.25, -0.2) is 8.42 Å². The number of amides is 1. The van der Waals surface area contributed by atoms with Gasteiger partial charge in [0.2, 0.25) is 15.9 Å². The number of nitriles is 2. The van der Waals surface area contributed by atoms with E-state index in [2.05, 4.69) is 4.98 Å². The molecule has 1 amide bonds. The van der Waals surface area contributed by atoms with Gasteiger partial charge >= 0.3 is 0 Å². The van der Waals surface area contributed by atoms with Crippen LogP contribution in [-0.2, 0) is 21.2 Å². The number of rotatable bonds is 5. The van der Waals surface area contributed by atoms with Crippen LogP contribution in [0.4, 0.5) is 0 Å². The summed E-state index contributed by atoms with van der Waals surface area (Å²) in [4.78, 5) is 28.8. The Balaban J connectivity index is 1.65. The largest absolute Gasteiger partial charge is 0.340 e. The number of aryl methyl sites for hydroxylation is 1. The molecule has 0 aliphatic carbocycles. The van der Waals surface area contributed by atoms with Crippen LogP contribution in [0, 0.1) is 36.5 Å². The number of H-pyrrole nitrogens is 1. The summed E-state index contributed by atoms with van der Waals surface area (Å²) in [6.45, 7) is 4.22. The van der Waals surface area contributed by atoms with E-state index in [1.165, 1.54) is 16.4 Å². The molecule has 0 atom stereocenters. The van der Waals surface area contributed by atoms with Crippen molar-refractivity contribution in [2.24, 2.45) is 0 Å². The highest BCUT2D eigenvalue weighted by Crippen LogP contribution is 2.22. The summed E-state index contributed by atoms with van der Waals surface area (Å²) in [5.41, 5.74) is 1.68. The van der Waals surface area contributed by atoms with E-state index in [1.807, 2.05) is 12.1 Å². The van der Waals surface area contributed by atoms with Crippen molar-refractivity contribution < 1.29 is 13.2 Å². The van der Waals surface area contributed by atoms with Crippen molar-refractivity contribution in [3.05, 3.63) is 62.6 Å². The van der Waals surface area contributed by atoms with E-state index < -0.39 is 15.6 Å². The fourth-order valence-corrected chi connectivity index (χ4v) is 5.48. The van der Waals surface area contributed by atoms with E-state index in [0.29, 0.717) is 17.7 Å². The fraction of sp³-hybridized carbons (Fsp3) is 0.364.